The molecule has 1 atom stereocenters. The first-order valence-electron chi connectivity index (χ1n) is 7.76. The number of benzene rings is 2. The fourth-order valence-corrected chi connectivity index (χ4v) is 2.59. The van der Waals surface area contributed by atoms with Crippen molar-refractivity contribution in [2.45, 2.75) is 32.7 Å². The van der Waals surface area contributed by atoms with Crippen LogP contribution in [0.1, 0.15) is 38.3 Å². The molecule has 21 heavy (non-hydrogen) atoms. The van der Waals surface area contributed by atoms with Gasteiger partial charge < -0.3 is 10.1 Å². The molecule has 2 heteroatoms. The molecule has 1 N–H and O–H groups in total. The van der Waals surface area contributed by atoms with Crippen LogP contribution < -0.4 is 10.1 Å². The lowest BCUT2D eigenvalue weighted by Crippen LogP contribution is -2.21. The van der Waals surface area contributed by atoms with Crippen molar-refractivity contribution in [3.63, 3.8) is 0 Å². The van der Waals surface area contributed by atoms with Gasteiger partial charge in [0.25, 0.3) is 0 Å². The van der Waals surface area contributed by atoms with Gasteiger partial charge in [-0.05, 0) is 36.6 Å². The molecule has 0 aliphatic carbocycles. The maximum absolute atomic E-state index is 5.44. The Labute approximate surface area is 128 Å². The number of hydrogen-bond donors (Lipinski definition) is 1. The molecule has 0 saturated heterocycles. The minimum absolute atomic E-state index is 0.441. The molecule has 0 saturated carbocycles. The second kappa shape index (κ2) is 7.84. The van der Waals surface area contributed by atoms with Crippen molar-refractivity contribution in [1.82, 2.24) is 5.32 Å². The zero-order valence-electron chi connectivity index (χ0n) is 13.2. The first kappa shape index (κ1) is 15.6. The number of methoxy groups -OCH3 is 1. The molecule has 0 bridgehead atoms. The number of ether oxygens (including phenoxy) is 1. The van der Waals surface area contributed by atoms with E-state index >= 15 is 0 Å². The summed E-state index contributed by atoms with van der Waals surface area (Å²) in [4.78, 5) is 0. The van der Waals surface area contributed by atoms with Crippen molar-refractivity contribution in [2.75, 3.05) is 13.7 Å². The smallest absolute Gasteiger partial charge is 0.126 e. The molecule has 0 amide bonds. The van der Waals surface area contributed by atoms with Crippen molar-refractivity contribution < 1.29 is 4.74 Å². The topological polar surface area (TPSA) is 21.3 Å². The Balaban J connectivity index is 2.22. The largest absolute Gasteiger partial charge is 0.496 e. The van der Waals surface area contributed by atoms with E-state index < -0.39 is 0 Å². The standard InChI is InChI=1S/C19H25NO/c1-4-14-20-18(5-2)16-12-10-15(11-13-16)17-8-6-7-9-19(17)21-3/h6-13,18,20H,4-5,14H2,1-3H3. The molecule has 2 aromatic rings. The Morgan fingerprint density at radius 2 is 1.71 bits per heavy atom. The summed E-state index contributed by atoms with van der Waals surface area (Å²) in [5.41, 5.74) is 3.69. The highest BCUT2D eigenvalue weighted by Gasteiger charge is 2.09. The summed E-state index contributed by atoms with van der Waals surface area (Å²) in [5.74, 6) is 0.918. The Morgan fingerprint density at radius 1 is 1.00 bits per heavy atom. The van der Waals surface area contributed by atoms with Gasteiger partial charge >= 0.3 is 0 Å². The number of nitrogens with one attached hydrogen (secondary N) is 1. The maximum atomic E-state index is 5.44. The van der Waals surface area contributed by atoms with Crippen molar-refractivity contribution in [3.8, 4) is 16.9 Å². The maximum Gasteiger partial charge on any atom is 0.126 e. The molecule has 0 aliphatic heterocycles. The Morgan fingerprint density at radius 3 is 2.33 bits per heavy atom. The van der Waals surface area contributed by atoms with Crippen molar-refractivity contribution in [3.05, 3.63) is 54.1 Å². The summed E-state index contributed by atoms with van der Waals surface area (Å²) < 4.78 is 5.44. The molecule has 2 aromatic carbocycles. The minimum Gasteiger partial charge on any atom is -0.496 e. The molecule has 0 aliphatic rings. The lowest BCUT2D eigenvalue weighted by molar-refractivity contribution is 0.416. The van der Waals surface area contributed by atoms with Gasteiger partial charge in [-0.15, -0.1) is 0 Å². The highest BCUT2D eigenvalue weighted by Crippen LogP contribution is 2.30. The predicted octanol–water partition coefficient (Wildman–Crippen LogP) is 4.81. The molecule has 112 valence electrons. The Kier molecular flexibility index (Phi) is 5.82. The van der Waals surface area contributed by atoms with Gasteiger partial charge in [0, 0.05) is 11.6 Å². The van der Waals surface area contributed by atoms with Crippen LogP contribution >= 0.6 is 0 Å². The molecule has 0 spiro atoms. The average molecular weight is 283 g/mol. The lowest BCUT2D eigenvalue weighted by atomic mass is 9.99. The van der Waals surface area contributed by atoms with E-state index in [0.717, 1.165) is 30.7 Å². The van der Waals surface area contributed by atoms with E-state index in [1.807, 2.05) is 18.2 Å². The number of rotatable bonds is 7. The summed E-state index contributed by atoms with van der Waals surface area (Å²) in [6.45, 7) is 5.48. The van der Waals surface area contributed by atoms with Crippen LogP contribution in [0, 0.1) is 0 Å². The van der Waals surface area contributed by atoms with E-state index in [2.05, 4.69) is 49.5 Å². The summed E-state index contributed by atoms with van der Waals surface area (Å²) >= 11 is 0. The van der Waals surface area contributed by atoms with Crippen molar-refractivity contribution >= 4 is 0 Å². The van der Waals surface area contributed by atoms with Crippen LogP contribution in [0.4, 0.5) is 0 Å². The third-order valence-corrected chi connectivity index (χ3v) is 3.78. The lowest BCUT2D eigenvalue weighted by Gasteiger charge is -2.17. The number of hydrogen-bond acceptors (Lipinski definition) is 2. The summed E-state index contributed by atoms with van der Waals surface area (Å²) in [7, 11) is 1.72. The average Bonchev–Trinajstić information content (AvgIpc) is 2.56. The molecule has 0 heterocycles. The predicted molar refractivity (Wildman–Crippen MR) is 89.8 cm³/mol. The molecule has 0 aromatic heterocycles. The molecule has 1 unspecified atom stereocenters. The fraction of sp³-hybridized carbons (Fsp3) is 0.368. The van der Waals surface area contributed by atoms with Crippen molar-refractivity contribution in [1.29, 1.82) is 0 Å². The third kappa shape index (κ3) is 3.85. The van der Waals surface area contributed by atoms with Crippen LogP contribution in [0.5, 0.6) is 5.75 Å². The van der Waals surface area contributed by atoms with Crippen LogP contribution in [0.25, 0.3) is 11.1 Å². The van der Waals surface area contributed by atoms with Gasteiger partial charge in [-0.25, -0.2) is 0 Å². The monoisotopic (exact) mass is 283 g/mol. The Hall–Kier alpha value is -1.80. The van der Waals surface area contributed by atoms with Gasteiger partial charge in [0.05, 0.1) is 7.11 Å². The molecular weight excluding hydrogens is 258 g/mol. The minimum atomic E-state index is 0.441. The van der Waals surface area contributed by atoms with Gasteiger partial charge in [0.15, 0.2) is 0 Å². The van der Waals surface area contributed by atoms with Crippen molar-refractivity contribution in [2.24, 2.45) is 0 Å². The summed E-state index contributed by atoms with van der Waals surface area (Å²) in [6, 6.07) is 17.4. The highest BCUT2D eigenvalue weighted by molar-refractivity contribution is 5.70. The molecule has 0 fully saturated rings. The van der Waals surface area contributed by atoms with E-state index in [1.54, 1.807) is 7.11 Å². The first-order valence-corrected chi connectivity index (χ1v) is 7.76. The zero-order valence-corrected chi connectivity index (χ0v) is 13.2. The van der Waals surface area contributed by atoms with E-state index in [0.29, 0.717) is 6.04 Å². The quantitative estimate of drug-likeness (QED) is 0.787. The zero-order chi connectivity index (χ0) is 15.1. The normalized spacial score (nSPS) is 12.1. The molecule has 2 rings (SSSR count). The van der Waals surface area contributed by atoms with E-state index in [1.165, 1.54) is 11.1 Å². The van der Waals surface area contributed by atoms with Gasteiger partial charge in [0.2, 0.25) is 0 Å². The summed E-state index contributed by atoms with van der Waals surface area (Å²) in [6.07, 6.45) is 2.27. The van der Waals surface area contributed by atoms with Crippen LogP contribution in [-0.4, -0.2) is 13.7 Å². The van der Waals surface area contributed by atoms with Gasteiger partial charge in [-0.1, -0.05) is 56.3 Å². The fourth-order valence-electron chi connectivity index (χ4n) is 2.59. The van der Waals surface area contributed by atoms with Gasteiger partial charge in [-0.3, -0.25) is 0 Å². The van der Waals surface area contributed by atoms with E-state index in [-0.39, 0.29) is 0 Å². The SMILES string of the molecule is CCCNC(CC)c1ccc(-c2ccccc2OC)cc1. The second-order valence-corrected chi connectivity index (χ2v) is 5.24. The summed E-state index contributed by atoms with van der Waals surface area (Å²) in [5, 5.41) is 3.59. The first-order chi connectivity index (χ1) is 10.3. The second-order valence-electron chi connectivity index (χ2n) is 5.24. The van der Waals surface area contributed by atoms with E-state index in [4.69, 9.17) is 4.74 Å². The molecule has 0 radical (unpaired) electrons. The number of para-hydroxylation sites is 1. The Bertz CT molecular complexity index is 548. The third-order valence-electron chi connectivity index (χ3n) is 3.78. The van der Waals surface area contributed by atoms with Crippen LogP contribution in [0.15, 0.2) is 48.5 Å². The van der Waals surface area contributed by atoms with Crippen LogP contribution in [0.3, 0.4) is 0 Å². The van der Waals surface area contributed by atoms with Crippen LogP contribution in [0.2, 0.25) is 0 Å². The van der Waals surface area contributed by atoms with Crippen LogP contribution in [-0.2, 0) is 0 Å². The van der Waals surface area contributed by atoms with Gasteiger partial charge in [-0.2, -0.15) is 0 Å². The molecular formula is C19H25NO. The van der Waals surface area contributed by atoms with E-state index in [9.17, 15) is 0 Å². The molecule has 2 nitrogen and oxygen atoms in total. The van der Waals surface area contributed by atoms with Gasteiger partial charge in [0.1, 0.15) is 5.75 Å². The highest BCUT2D eigenvalue weighted by atomic mass is 16.5.